The second-order valence-corrected chi connectivity index (χ2v) is 4.60. The topological polar surface area (TPSA) is 22.0 Å². The van der Waals surface area contributed by atoms with E-state index in [1.54, 1.807) is 29.7 Å². The van der Waals surface area contributed by atoms with Crippen LogP contribution in [0.3, 0.4) is 0 Å². The van der Waals surface area contributed by atoms with Crippen molar-refractivity contribution < 1.29 is 8.78 Å². The number of rotatable bonds is 1. The molecule has 0 unspecified atom stereocenters. The number of pyridine rings is 1. The van der Waals surface area contributed by atoms with Crippen LogP contribution >= 0.6 is 0 Å². The number of fused-ring (bicyclic) bond motifs is 1. The molecule has 0 aliphatic heterocycles. The van der Waals surface area contributed by atoms with Crippen molar-refractivity contribution in [3.8, 4) is 5.69 Å². The Labute approximate surface area is 113 Å². The average molecular weight is 271 g/mol. The Balaban J connectivity index is 2.50. The minimum absolute atomic E-state index is 0.204. The fourth-order valence-corrected chi connectivity index (χ4v) is 2.37. The van der Waals surface area contributed by atoms with Crippen LogP contribution < -0.4 is 5.43 Å². The molecule has 0 saturated heterocycles. The number of aryl methyl sites for hydroxylation is 1. The maximum Gasteiger partial charge on any atom is 0.189 e. The summed E-state index contributed by atoms with van der Waals surface area (Å²) in [7, 11) is 0. The lowest BCUT2D eigenvalue weighted by molar-refractivity contribution is 0.616. The van der Waals surface area contributed by atoms with Gasteiger partial charge >= 0.3 is 0 Å². The highest BCUT2D eigenvalue weighted by molar-refractivity contribution is 5.81. The van der Waals surface area contributed by atoms with E-state index in [0.717, 1.165) is 0 Å². The Morgan fingerprint density at radius 1 is 1.00 bits per heavy atom. The molecule has 0 saturated carbocycles. The molecule has 0 bridgehead atoms. The third kappa shape index (κ3) is 1.90. The number of para-hydroxylation sites is 1. The minimum atomic E-state index is -0.465. The molecule has 3 aromatic rings. The van der Waals surface area contributed by atoms with Crippen molar-refractivity contribution in [3.05, 3.63) is 76.1 Å². The standard InChI is InChI=1S/C16H11F2NO/c1-10-8-16(20)12-7-6-11(17)9-15(12)19(10)14-5-3-2-4-13(14)18/h2-9H,1H3. The zero-order valence-corrected chi connectivity index (χ0v) is 10.7. The summed E-state index contributed by atoms with van der Waals surface area (Å²) in [5.41, 5.74) is 1.00. The number of benzene rings is 2. The van der Waals surface area contributed by atoms with Crippen molar-refractivity contribution in [2.75, 3.05) is 0 Å². The van der Waals surface area contributed by atoms with Gasteiger partial charge in [0.15, 0.2) is 5.43 Å². The summed E-state index contributed by atoms with van der Waals surface area (Å²) in [6, 6.07) is 11.5. The first-order valence-electron chi connectivity index (χ1n) is 6.15. The number of aromatic nitrogens is 1. The molecule has 4 heteroatoms. The van der Waals surface area contributed by atoms with E-state index in [4.69, 9.17) is 0 Å². The predicted octanol–water partition coefficient (Wildman–Crippen LogP) is 3.58. The van der Waals surface area contributed by atoms with E-state index in [0.29, 0.717) is 22.3 Å². The fraction of sp³-hybridized carbons (Fsp3) is 0.0625. The number of halogens is 2. The number of hydrogen-bond donors (Lipinski definition) is 0. The van der Waals surface area contributed by atoms with Gasteiger partial charge in [-0.3, -0.25) is 4.79 Å². The van der Waals surface area contributed by atoms with Crippen LogP contribution in [0.25, 0.3) is 16.6 Å². The molecule has 0 aliphatic rings. The van der Waals surface area contributed by atoms with Gasteiger partial charge in [-0.15, -0.1) is 0 Å². The number of nitrogens with zero attached hydrogens (tertiary/aromatic N) is 1. The molecule has 20 heavy (non-hydrogen) atoms. The Morgan fingerprint density at radius 3 is 2.50 bits per heavy atom. The molecule has 0 aliphatic carbocycles. The van der Waals surface area contributed by atoms with Crippen LogP contribution in [0, 0.1) is 18.6 Å². The summed E-state index contributed by atoms with van der Waals surface area (Å²) in [5, 5.41) is 0.361. The number of hydrogen-bond acceptors (Lipinski definition) is 1. The maximum atomic E-state index is 14.0. The monoisotopic (exact) mass is 271 g/mol. The normalized spacial score (nSPS) is 10.9. The van der Waals surface area contributed by atoms with Crippen LogP contribution in [0.15, 0.2) is 53.3 Å². The zero-order chi connectivity index (χ0) is 14.3. The molecule has 0 amide bonds. The first kappa shape index (κ1) is 12.5. The first-order chi connectivity index (χ1) is 9.58. The molecule has 2 aromatic carbocycles. The first-order valence-corrected chi connectivity index (χ1v) is 6.15. The van der Waals surface area contributed by atoms with Crippen LogP contribution in [0.5, 0.6) is 0 Å². The lowest BCUT2D eigenvalue weighted by Crippen LogP contribution is -2.12. The lowest BCUT2D eigenvalue weighted by atomic mass is 10.1. The molecule has 0 radical (unpaired) electrons. The van der Waals surface area contributed by atoms with Gasteiger partial charge in [0, 0.05) is 17.1 Å². The lowest BCUT2D eigenvalue weighted by Gasteiger charge is -2.15. The van der Waals surface area contributed by atoms with Gasteiger partial charge in [-0.05, 0) is 37.3 Å². The van der Waals surface area contributed by atoms with E-state index in [-0.39, 0.29) is 5.43 Å². The molecule has 0 N–H and O–H groups in total. The fourth-order valence-electron chi connectivity index (χ4n) is 2.37. The van der Waals surface area contributed by atoms with Gasteiger partial charge in [-0.25, -0.2) is 8.78 Å². The molecule has 1 heterocycles. The molecule has 0 atom stereocenters. The van der Waals surface area contributed by atoms with Crippen molar-refractivity contribution in [2.24, 2.45) is 0 Å². The van der Waals surface area contributed by atoms with Crippen molar-refractivity contribution in [1.29, 1.82) is 0 Å². The van der Waals surface area contributed by atoms with E-state index in [1.807, 2.05) is 0 Å². The smallest absolute Gasteiger partial charge is 0.189 e. The second-order valence-electron chi connectivity index (χ2n) is 4.60. The van der Waals surface area contributed by atoms with E-state index in [2.05, 4.69) is 0 Å². The Hall–Kier alpha value is -2.49. The molecular formula is C16H11F2NO. The minimum Gasteiger partial charge on any atom is -0.311 e. The van der Waals surface area contributed by atoms with Gasteiger partial charge in [0.2, 0.25) is 0 Å². The second kappa shape index (κ2) is 4.56. The van der Waals surface area contributed by atoms with Gasteiger partial charge in [0.1, 0.15) is 11.6 Å². The molecule has 0 spiro atoms. The van der Waals surface area contributed by atoms with Crippen LogP contribution in [-0.4, -0.2) is 4.57 Å². The maximum absolute atomic E-state index is 14.0. The predicted molar refractivity (Wildman–Crippen MR) is 74.2 cm³/mol. The van der Waals surface area contributed by atoms with Crippen molar-refractivity contribution in [2.45, 2.75) is 6.92 Å². The van der Waals surface area contributed by atoms with Gasteiger partial charge in [0.25, 0.3) is 0 Å². The summed E-state index contributed by atoms with van der Waals surface area (Å²) < 4.78 is 29.0. The largest absolute Gasteiger partial charge is 0.311 e. The zero-order valence-electron chi connectivity index (χ0n) is 10.7. The molecule has 1 aromatic heterocycles. The Morgan fingerprint density at radius 2 is 1.75 bits per heavy atom. The van der Waals surface area contributed by atoms with E-state index in [9.17, 15) is 13.6 Å². The van der Waals surface area contributed by atoms with Crippen LogP contribution in [0.4, 0.5) is 8.78 Å². The summed E-state index contributed by atoms with van der Waals surface area (Å²) in [4.78, 5) is 11.9. The molecule has 2 nitrogen and oxygen atoms in total. The van der Waals surface area contributed by atoms with E-state index in [1.165, 1.54) is 30.3 Å². The van der Waals surface area contributed by atoms with Crippen molar-refractivity contribution >= 4 is 10.9 Å². The summed E-state index contributed by atoms with van der Waals surface area (Å²) in [6.45, 7) is 1.69. The third-order valence-electron chi connectivity index (χ3n) is 3.25. The van der Waals surface area contributed by atoms with Crippen LogP contribution in [0.1, 0.15) is 5.69 Å². The van der Waals surface area contributed by atoms with Gasteiger partial charge in [0.05, 0.1) is 11.2 Å². The van der Waals surface area contributed by atoms with Gasteiger partial charge in [-0.2, -0.15) is 0 Å². The highest BCUT2D eigenvalue weighted by atomic mass is 19.1. The van der Waals surface area contributed by atoms with E-state index >= 15 is 0 Å². The van der Waals surface area contributed by atoms with E-state index < -0.39 is 11.6 Å². The molecule has 0 fully saturated rings. The van der Waals surface area contributed by atoms with Crippen molar-refractivity contribution in [3.63, 3.8) is 0 Å². The summed E-state index contributed by atoms with van der Waals surface area (Å²) >= 11 is 0. The molecule has 3 rings (SSSR count). The van der Waals surface area contributed by atoms with Crippen molar-refractivity contribution in [1.82, 2.24) is 4.57 Å². The van der Waals surface area contributed by atoms with Gasteiger partial charge < -0.3 is 4.57 Å². The Bertz CT molecular complexity index is 868. The van der Waals surface area contributed by atoms with Crippen LogP contribution in [-0.2, 0) is 0 Å². The summed E-state index contributed by atoms with van der Waals surface area (Å²) in [6.07, 6.45) is 0. The average Bonchev–Trinajstić information content (AvgIpc) is 2.40. The molecule has 100 valence electrons. The summed E-state index contributed by atoms with van der Waals surface area (Å²) in [5.74, 6) is -0.891. The Kier molecular flexibility index (Phi) is 2.86. The SMILES string of the molecule is Cc1cc(=O)c2ccc(F)cc2n1-c1ccccc1F. The van der Waals surface area contributed by atoms with Gasteiger partial charge in [-0.1, -0.05) is 12.1 Å². The highest BCUT2D eigenvalue weighted by Gasteiger charge is 2.11. The quantitative estimate of drug-likeness (QED) is 0.663. The third-order valence-corrected chi connectivity index (χ3v) is 3.25. The van der Waals surface area contributed by atoms with Crippen LogP contribution in [0.2, 0.25) is 0 Å². The highest BCUT2D eigenvalue weighted by Crippen LogP contribution is 2.21. The molecular weight excluding hydrogens is 260 g/mol.